The van der Waals surface area contributed by atoms with Crippen molar-refractivity contribution in [3.8, 4) is 0 Å². The summed E-state index contributed by atoms with van der Waals surface area (Å²) in [5, 5.41) is -3.51. The predicted octanol–water partition coefficient (Wildman–Crippen LogP) is 1.00. The summed E-state index contributed by atoms with van der Waals surface area (Å²) in [6.45, 7) is 1.08. The van der Waals surface area contributed by atoms with Gasteiger partial charge in [0, 0.05) is 12.8 Å². The van der Waals surface area contributed by atoms with Crippen LogP contribution in [0.25, 0.3) is 0 Å². The molecule has 0 saturated heterocycles. The first kappa shape index (κ1) is 15.0. The van der Waals surface area contributed by atoms with Gasteiger partial charge in [-0.05, 0) is 19.3 Å². The van der Waals surface area contributed by atoms with Crippen molar-refractivity contribution in [1.82, 2.24) is 0 Å². The van der Waals surface area contributed by atoms with Crippen LogP contribution in [0.5, 0.6) is 0 Å². The summed E-state index contributed by atoms with van der Waals surface area (Å²) < 4.78 is 48.9. The molecule has 8 heteroatoms. The number of esters is 1. The van der Waals surface area contributed by atoms with Crippen molar-refractivity contribution < 1.29 is 31.7 Å². The molecule has 1 saturated carbocycles. The molecule has 1 fully saturated rings. The van der Waals surface area contributed by atoms with Crippen LogP contribution in [0, 0.1) is 0 Å². The zero-order valence-corrected chi connectivity index (χ0v) is 10.7. The van der Waals surface area contributed by atoms with Crippen LogP contribution >= 0.6 is 0 Å². The monoisotopic (exact) mass is 282 g/mol. The van der Waals surface area contributed by atoms with Crippen molar-refractivity contribution in [1.29, 1.82) is 0 Å². The van der Waals surface area contributed by atoms with Crippen LogP contribution < -0.4 is 0 Å². The molecule has 1 aliphatic rings. The quantitative estimate of drug-likeness (QED) is 0.610. The van der Waals surface area contributed by atoms with Crippen molar-refractivity contribution >= 4 is 21.9 Å². The molecule has 2 unspecified atom stereocenters. The molecule has 0 aromatic carbocycles. The fourth-order valence-corrected chi connectivity index (χ4v) is 2.35. The zero-order valence-electron chi connectivity index (χ0n) is 9.89. The van der Waals surface area contributed by atoms with E-state index in [9.17, 15) is 22.4 Å². The number of alkyl halides is 1. The summed E-state index contributed by atoms with van der Waals surface area (Å²) >= 11 is 0. The van der Waals surface area contributed by atoms with Gasteiger partial charge in [0.15, 0.2) is 11.9 Å². The second kappa shape index (κ2) is 5.31. The fraction of sp³-hybridized carbons (Fsp3) is 0.800. The molecule has 0 aromatic heterocycles. The molecule has 0 amide bonds. The lowest BCUT2D eigenvalue weighted by atomic mass is 9.96. The molecule has 2 atom stereocenters. The summed E-state index contributed by atoms with van der Waals surface area (Å²) in [6, 6.07) is 0. The van der Waals surface area contributed by atoms with E-state index in [0.717, 1.165) is 6.92 Å². The van der Waals surface area contributed by atoms with Crippen molar-refractivity contribution in [2.45, 2.75) is 50.1 Å². The van der Waals surface area contributed by atoms with E-state index in [0.29, 0.717) is 12.8 Å². The Hall–Kier alpha value is -1.02. The molecular formula is C10H15FO6S. The SMILES string of the molecule is CCC(F)(C(=O)OC1CCCCC1=O)S(=O)(=O)O. The van der Waals surface area contributed by atoms with Crippen LogP contribution in [0.2, 0.25) is 0 Å². The Morgan fingerprint density at radius 1 is 1.56 bits per heavy atom. The Morgan fingerprint density at radius 2 is 2.17 bits per heavy atom. The molecule has 1 N–H and O–H groups in total. The van der Waals surface area contributed by atoms with Gasteiger partial charge in [0.1, 0.15) is 0 Å². The number of Topliss-reactive ketones (excluding diaryl/α,β-unsaturated/α-hetero) is 1. The molecule has 0 spiro atoms. The summed E-state index contributed by atoms with van der Waals surface area (Å²) in [5.74, 6) is -2.09. The van der Waals surface area contributed by atoms with Crippen LogP contribution in [-0.2, 0) is 24.4 Å². The zero-order chi connectivity index (χ0) is 14.0. The number of carbonyl (C=O) groups is 2. The predicted molar refractivity (Wildman–Crippen MR) is 59.0 cm³/mol. The van der Waals surface area contributed by atoms with Crippen molar-refractivity contribution in [3.63, 3.8) is 0 Å². The average molecular weight is 282 g/mol. The number of rotatable bonds is 4. The molecule has 104 valence electrons. The Kier molecular flexibility index (Phi) is 4.44. The Balaban J connectivity index is 2.84. The number of carbonyl (C=O) groups excluding carboxylic acids is 2. The lowest BCUT2D eigenvalue weighted by Crippen LogP contribution is -2.45. The number of hydrogen-bond acceptors (Lipinski definition) is 5. The summed E-state index contributed by atoms with van der Waals surface area (Å²) in [7, 11) is -5.23. The second-order valence-electron chi connectivity index (χ2n) is 4.16. The minimum Gasteiger partial charge on any atom is -0.451 e. The fourth-order valence-electron chi connectivity index (χ4n) is 1.72. The van der Waals surface area contributed by atoms with Gasteiger partial charge in [0.05, 0.1) is 0 Å². The van der Waals surface area contributed by atoms with E-state index in [-0.39, 0.29) is 18.6 Å². The largest absolute Gasteiger partial charge is 0.451 e. The van der Waals surface area contributed by atoms with E-state index in [1.165, 1.54) is 0 Å². The van der Waals surface area contributed by atoms with Crippen LogP contribution in [0.1, 0.15) is 39.0 Å². The lowest BCUT2D eigenvalue weighted by molar-refractivity contribution is -0.164. The maximum atomic E-state index is 13.9. The first-order valence-corrected chi connectivity index (χ1v) is 7.06. The van der Waals surface area contributed by atoms with Crippen LogP contribution in [-0.4, -0.2) is 35.8 Å². The van der Waals surface area contributed by atoms with Gasteiger partial charge in [0.2, 0.25) is 0 Å². The summed E-state index contributed by atoms with van der Waals surface area (Å²) in [6.07, 6.45) is -0.133. The maximum absolute atomic E-state index is 13.9. The van der Waals surface area contributed by atoms with Crippen molar-refractivity contribution in [3.05, 3.63) is 0 Å². The van der Waals surface area contributed by atoms with Crippen LogP contribution in [0.15, 0.2) is 0 Å². The number of hydrogen-bond donors (Lipinski definition) is 1. The van der Waals surface area contributed by atoms with E-state index < -0.39 is 33.6 Å². The third-order valence-electron chi connectivity index (χ3n) is 2.92. The summed E-state index contributed by atoms with van der Waals surface area (Å²) in [5.41, 5.74) is 0. The molecule has 0 radical (unpaired) electrons. The third-order valence-corrected chi connectivity index (χ3v) is 4.19. The normalized spacial score (nSPS) is 24.4. The highest BCUT2D eigenvalue weighted by Gasteiger charge is 2.52. The van der Waals surface area contributed by atoms with Gasteiger partial charge in [-0.2, -0.15) is 8.42 Å². The molecule has 18 heavy (non-hydrogen) atoms. The second-order valence-corrected chi connectivity index (χ2v) is 5.76. The van der Waals surface area contributed by atoms with Crippen molar-refractivity contribution in [2.24, 2.45) is 0 Å². The van der Waals surface area contributed by atoms with E-state index in [1.807, 2.05) is 0 Å². The highest BCUT2D eigenvalue weighted by atomic mass is 32.2. The molecule has 0 aromatic rings. The molecule has 0 aliphatic heterocycles. The van der Waals surface area contributed by atoms with Gasteiger partial charge in [-0.25, -0.2) is 9.18 Å². The van der Waals surface area contributed by atoms with E-state index in [4.69, 9.17) is 4.55 Å². The topological polar surface area (TPSA) is 97.7 Å². The van der Waals surface area contributed by atoms with Crippen LogP contribution in [0.4, 0.5) is 4.39 Å². The Bertz CT molecular complexity index is 445. The number of ether oxygens (including phenoxy) is 1. The van der Waals surface area contributed by atoms with E-state index in [2.05, 4.69) is 4.74 Å². The molecule has 1 rings (SSSR count). The van der Waals surface area contributed by atoms with Gasteiger partial charge in [0.25, 0.3) is 0 Å². The first-order chi connectivity index (χ1) is 8.22. The highest BCUT2D eigenvalue weighted by Crippen LogP contribution is 2.27. The van der Waals surface area contributed by atoms with Crippen molar-refractivity contribution in [2.75, 3.05) is 0 Å². The minimum atomic E-state index is -5.23. The van der Waals surface area contributed by atoms with E-state index in [1.54, 1.807) is 0 Å². The molecule has 1 aliphatic carbocycles. The molecular weight excluding hydrogens is 267 g/mol. The van der Waals surface area contributed by atoms with Gasteiger partial charge >= 0.3 is 21.1 Å². The standard InChI is InChI=1S/C10H15FO6S/c1-2-10(11,18(14,15)16)9(13)17-8-6-4-3-5-7(8)12/h8H,2-6H2,1H3,(H,14,15,16). The molecule has 0 bridgehead atoms. The lowest BCUT2D eigenvalue weighted by Gasteiger charge is -2.24. The van der Waals surface area contributed by atoms with Gasteiger partial charge in [-0.15, -0.1) is 0 Å². The molecule has 6 nitrogen and oxygen atoms in total. The highest BCUT2D eigenvalue weighted by molar-refractivity contribution is 7.87. The average Bonchev–Trinajstić information content (AvgIpc) is 2.29. The van der Waals surface area contributed by atoms with Gasteiger partial charge in [-0.3, -0.25) is 9.35 Å². The molecule has 0 heterocycles. The Labute approximate surface area is 104 Å². The van der Waals surface area contributed by atoms with Crippen LogP contribution in [0.3, 0.4) is 0 Å². The Morgan fingerprint density at radius 3 is 2.61 bits per heavy atom. The summed E-state index contributed by atoms with van der Waals surface area (Å²) in [4.78, 5) is 22.9. The van der Waals surface area contributed by atoms with Gasteiger partial charge in [-0.1, -0.05) is 6.92 Å². The maximum Gasteiger partial charge on any atom is 0.363 e. The third kappa shape index (κ3) is 2.86. The van der Waals surface area contributed by atoms with Gasteiger partial charge < -0.3 is 4.74 Å². The smallest absolute Gasteiger partial charge is 0.363 e. The van der Waals surface area contributed by atoms with E-state index >= 15 is 0 Å². The first-order valence-electron chi connectivity index (χ1n) is 5.62. The number of ketones is 1. The number of halogens is 1. The minimum absolute atomic E-state index is 0.217.